The van der Waals surface area contributed by atoms with Gasteiger partial charge in [-0.1, -0.05) is 11.6 Å². The Bertz CT molecular complexity index is 485. The summed E-state index contributed by atoms with van der Waals surface area (Å²) < 4.78 is 0.914. The van der Waals surface area contributed by atoms with Crippen molar-refractivity contribution in [2.24, 2.45) is 0 Å². The zero-order chi connectivity index (χ0) is 10.1. The van der Waals surface area contributed by atoms with E-state index in [1.807, 2.05) is 25.2 Å². The number of benzene rings is 1. The topological polar surface area (TPSA) is 24.9 Å². The molecule has 1 N–H and O–H groups in total. The third-order valence-corrected chi connectivity index (χ3v) is 2.86. The van der Waals surface area contributed by atoms with E-state index in [4.69, 9.17) is 11.6 Å². The van der Waals surface area contributed by atoms with Crippen molar-refractivity contribution in [1.29, 1.82) is 0 Å². The van der Waals surface area contributed by atoms with E-state index >= 15 is 0 Å². The van der Waals surface area contributed by atoms with Gasteiger partial charge in [-0.25, -0.2) is 0 Å². The summed E-state index contributed by atoms with van der Waals surface area (Å²) in [7, 11) is 1.88. The molecule has 72 valence electrons. The van der Waals surface area contributed by atoms with Crippen molar-refractivity contribution in [3.8, 4) is 0 Å². The standard InChI is InChI=1S/C10H8BrClN2/c1-13-9-2-3-14-10-7(9)4-6(12)5-8(10)11/h2-5H,1H3,(H,13,14). The second-order valence-corrected chi connectivity index (χ2v) is 4.18. The predicted molar refractivity (Wildman–Crippen MR) is 64.0 cm³/mol. The molecule has 14 heavy (non-hydrogen) atoms. The number of nitrogens with zero attached hydrogens (tertiary/aromatic N) is 1. The minimum absolute atomic E-state index is 0.703. The highest BCUT2D eigenvalue weighted by Crippen LogP contribution is 2.30. The van der Waals surface area contributed by atoms with Gasteiger partial charge in [-0.05, 0) is 34.1 Å². The Kier molecular flexibility index (Phi) is 2.61. The number of nitrogens with one attached hydrogen (secondary N) is 1. The maximum absolute atomic E-state index is 5.97. The summed E-state index contributed by atoms with van der Waals surface area (Å²) in [6, 6.07) is 5.67. The zero-order valence-corrected chi connectivity index (χ0v) is 9.85. The molecule has 4 heteroatoms. The molecule has 0 saturated heterocycles. The third-order valence-electron chi connectivity index (χ3n) is 2.03. The molecule has 0 aliphatic carbocycles. The minimum Gasteiger partial charge on any atom is -0.388 e. The molecule has 0 saturated carbocycles. The van der Waals surface area contributed by atoms with Crippen molar-refractivity contribution in [3.05, 3.63) is 33.9 Å². The van der Waals surface area contributed by atoms with Crippen molar-refractivity contribution < 1.29 is 0 Å². The Morgan fingerprint density at radius 3 is 2.93 bits per heavy atom. The molecule has 2 nitrogen and oxygen atoms in total. The molecule has 0 atom stereocenters. The largest absolute Gasteiger partial charge is 0.388 e. The van der Waals surface area contributed by atoms with Crippen LogP contribution >= 0.6 is 27.5 Å². The fourth-order valence-corrected chi connectivity index (χ4v) is 2.31. The molecule has 0 fully saturated rings. The lowest BCUT2D eigenvalue weighted by atomic mass is 10.2. The molecule has 0 aliphatic rings. The molecular weight excluding hydrogens is 263 g/mol. The van der Waals surface area contributed by atoms with Gasteiger partial charge in [0.2, 0.25) is 0 Å². The van der Waals surface area contributed by atoms with Crippen LogP contribution in [0, 0.1) is 0 Å². The van der Waals surface area contributed by atoms with Crippen molar-refractivity contribution in [3.63, 3.8) is 0 Å². The maximum atomic E-state index is 5.97. The van der Waals surface area contributed by atoms with E-state index in [0.29, 0.717) is 5.02 Å². The van der Waals surface area contributed by atoms with Crippen LogP contribution in [0.15, 0.2) is 28.9 Å². The third kappa shape index (κ3) is 1.57. The normalized spacial score (nSPS) is 10.5. The Balaban J connectivity index is 2.86. The van der Waals surface area contributed by atoms with Crippen LogP contribution in [0.2, 0.25) is 5.02 Å². The molecule has 0 amide bonds. The molecule has 1 aromatic carbocycles. The van der Waals surface area contributed by atoms with Crippen LogP contribution in [0.3, 0.4) is 0 Å². The van der Waals surface area contributed by atoms with E-state index in [-0.39, 0.29) is 0 Å². The molecule has 1 aromatic heterocycles. The lowest BCUT2D eigenvalue weighted by Gasteiger charge is -2.06. The summed E-state index contributed by atoms with van der Waals surface area (Å²) >= 11 is 9.40. The Labute approximate surface area is 95.4 Å². The van der Waals surface area contributed by atoms with Crippen molar-refractivity contribution in [1.82, 2.24) is 4.98 Å². The number of pyridine rings is 1. The molecule has 0 spiro atoms. The summed E-state index contributed by atoms with van der Waals surface area (Å²) in [6.45, 7) is 0. The van der Waals surface area contributed by atoms with Gasteiger partial charge < -0.3 is 5.32 Å². The van der Waals surface area contributed by atoms with E-state index in [9.17, 15) is 0 Å². The first-order valence-corrected chi connectivity index (χ1v) is 5.31. The number of hydrogen-bond donors (Lipinski definition) is 1. The summed E-state index contributed by atoms with van der Waals surface area (Å²) in [6.07, 6.45) is 1.77. The van der Waals surface area contributed by atoms with Gasteiger partial charge in [0, 0.05) is 33.8 Å². The minimum atomic E-state index is 0.703. The van der Waals surface area contributed by atoms with Crippen LogP contribution in [-0.4, -0.2) is 12.0 Å². The van der Waals surface area contributed by atoms with Gasteiger partial charge in [0.1, 0.15) is 0 Å². The molecule has 0 bridgehead atoms. The van der Waals surface area contributed by atoms with E-state index in [2.05, 4.69) is 26.2 Å². The van der Waals surface area contributed by atoms with Gasteiger partial charge in [0.15, 0.2) is 0 Å². The first-order valence-electron chi connectivity index (χ1n) is 4.14. The maximum Gasteiger partial charge on any atom is 0.0865 e. The number of hydrogen-bond acceptors (Lipinski definition) is 2. The van der Waals surface area contributed by atoms with Gasteiger partial charge in [-0.3, -0.25) is 4.98 Å². The van der Waals surface area contributed by atoms with Crippen LogP contribution < -0.4 is 5.32 Å². The Morgan fingerprint density at radius 1 is 1.43 bits per heavy atom. The number of aromatic nitrogens is 1. The molecule has 2 aromatic rings. The Morgan fingerprint density at radius 2 is 2.21 bits per heavy atom. The number of anilines is 1. The van der Waals surface area contributed by atoms with E-state index in [1.54, 1.807) is 6.20 Å². The molecule has 1 heterocycles. The summed E-state index contributed by atoms with van der Waals surface area (Å²) in [5.74, 6) is 0. The zero-order valence-electron chi connectivity index (χ0n) is 7.51. The van der Waals surface area contributed by atoms with Gasteiger partial charge in [-0.15, -0.1) is 0 Å². The monoisotopic (exact) mass is 270 g/mol. The van der Waals surface area contributed by atoms with Crippen LogP contribution in [-0.2, 0) is 0 Å². The second-order valence-electron chi connectivity index (χ2n) is 2.89. The van der Waals surface area contributed by atoms with Crippen molar-refractivity contribution in [2.45, 2.75) is 0 Å². The molecule has 0 aliphatic heterocycles. The average Bonchev–Trinajstić information content (AvgIpc) is 2.17. The molecule has 2 rings (SSSR count). The number of rotatable bonds is 1. The van der Waals surface area contributed by atoms with E-state index in [0.717, 1.165) is 21.1 Å². The second kappa shape index (κ2) is 3.75. The average molecular weight is 272 g/mol. The van der Waals surface area contributed by atoms with Crippen molar-refractivity contribution >= 4 is 44.1 Å². The van der Waals surface area contributed by atoms with E-state index in [1.165, 1.54) is 0 Å². The highest BCUT2D eigenvalue weighted by atomic mass is 79.9. The van der Waals surface area contributed by atoms with Crippen LogP contribution in [0.25, 0.3) is 10.9 Å². The van der Waals surface area contributed by atoms with Gasteiger partial charge >= 0.3 is 0 Å². The molecular formula is C10H8BrClN2. The fraction of sp³-hybridized carbons (Fsp3) is 0.100. The van der Waals surface area contributed by atoms with Crippen LogP contribution in [0.1, 0.15) is 0 Å². The lowest BCUT2D eigenvalue weighted by Crippen LogP contribution is -1.91. The summed E-state index contributed by atoms with van der Waals surface area (Å²) in [4.78, 5) is 4.28. The Hall–Kier alpha value is -0.800. The van der Waals surface area contributed by atoms with E-state index < -0.39 is 0 Å². The quantitative estimate of drug-likeness (QED) is 0.855. The smallest absolute Gasteiger partial charge is 0.0865 e. The fourth-order valence-electron chi connectivity index (χ4n) is 1.40. The summed E-state index contributed by atoms with van der Waals surface area (Å²) in [5.41, 5.74) is 1.94. The summed E-state index contributed by atoms with van der Waals surface area (Å²) in [5, 5.41) is 4.83. The van der Waals surface area contributed by atoms with Crippen LogP contribution in [0.5, 0.6) is 0 Å². The lowest BCUT2D eigenvalue weighted by molar-refractivity contribution is 1.39. The highest BCUT2D eigenvalue weighted by Gasteiger charge is 2.05. The van der Waals surface area contributed by atoms with Crippen LogP contribution in [0.4, 0.5) is 5.69 Å². The van der Waals surface area contributed by atoms with Gasteiger partial charge in [-0.2, -0.15) is 0 Å². The molecule has 0 unspecified atom stereocenters. The first kappa shape index (κ1) is 9.74. The molecule has 0 radical (unpaired) electrons. The van der Waals surface area contributed by atoms with Gasteiger partial charge in [0.05, 0.1) is 5.52 Å². The number of fused-ring (bicyclic) bond motifs is 1. The van der Waals surface area contributed by atoms with Crippen molar-refractivity contribution in [2.75, 3.05) is 12.4 Å². The SMILES string of the molecule is CNc1ccnc2c(Br)cc(Cl)cc12. The first-order chi connectivity index (χ1) is 6.72. The highest BCUT2D eigenvalue weighted by molar-refractivity contribution is 9.10. The number of halogens is 2. The predicted octanol–water partition coefficient (Wildman–Crippen LogP) is 3.69. The van der Waals surface area contributed by atoms with Gasteiger partial charge in [0.25, 0.3) is 0 Å².